The first-order valence-electron chi connectivity index (χ1n) is 10.3. The summed E-state index contributed by atoms with van der Waals surface area (Å²) in [4.78, 5) is 6.03. The molecule has 2 aromatic carbocycles. The molecule has 0 bridgehead atoms. The zero-order valence-electron chi connectivity index (χ0n) is 17.9. The van der Waals surface area contributed by atoms with Crippen molar-refractivity contribution in [3.8, 4) is 11.4 Å². The van der Waals surface area contributed by atoms with Crippen LogP contribution in [-0.2, 0) is 25.9 Å². The van der Waals surface area contributed by atoms with E-state index in [1.165, 1.54) is 12.1 Å². The van der Waals surface area contributed by atoms with Crippen molar-refractivity contribution in [2.45, 2.75) is 25.9 Å². The molecule has 170 valence electrons. The lowest BCUT2D eigenvalue weighted by atomic mass is 10.1. The first-order valence-corrected chi connectivity index (χ1v) is 10.7. The van der Waals surface area contributed by atoms with Crippen LogP contribution in [0.3, 0.4) is 0 Å². The zero-order chi connectivity index (χ0) is 23.4. The van der Waals surface area contributed by atoms with Gasteiger partial charge in [-0.2, -0.15) is 18.3 Å². The Kier molecular flexibility index (Phi) is 6.71. The maximum Gasteiger partial charge on any atom is 0.416 e. The maximum absolute atomic E-state index is 12.8. The number of rotatable bonds is 7. The minimum atomic E-state index is -4.34. The van der Waals surface area contributed by atoms with E-state index in [0.29, 0.717) is 24.5 Å². The fraction of sp³-hybridized carbons (Fsp3) is 0.208. The fourth-order valence-electron chi connectivity index (χ4n) is 3.55. The molecule has 0 N–H and O–H groups in total. The zero-order valence-corrected chi connectivity index (χ0v) is 18.7. The predicted octanol–water partition coefficient (Wildman–Crippen LogP) is 5.63. The van der Waals surface area contributed by atoms with Crippen LogP contribution < -0.4 is 0 Å². The summed E-state index contributed by atoms with van der Waals surface area (Å²) >= 11 is 5.75. The number of aromatic nitrogens is 4. The van der Waals surface area contributed by atoms with Gasteiger partial charge in [-0.3, -0.25) is 14.5 Å². The molecule has 0 aliphatic carbocycles. The first kappa shape index (κ1) is 22.9. The summed E-state index contributed by atoms with van der Waals surface area (Å²) in [6.45, 7) is 1.41. The van der Waals surface area contributed by atoms with Crippen molar-refractivity contribution in [1.82, 2.24) is 24.2 Å². The largest absolute Gasteiger partial charge is 0.416 e. The van der Waals surface area contributed by atoms with Crippen LogP contribution in [0.2, 0.25) is 0 Å². The predicted molar refractivity (Wildman–Crippen MR) is 123 cm³/mol. The van der Waals surface area contributed by atoms with Crippen LogP contribution in [0.25, 0.3) is 11.4 Å². The maximum atomic E-state index is 12.8. The summed E-state index contributed by atoms with van der Waals surface area (Å²) in [6, 6.07) is 19.0. The standard InChI is InChI=1S/C24H22F3N5S/c1-30(15-19-7-9-21(10-8-19)24(25,26)27)17-32-23(33)31(16-18-5-3-2-4-6-18)22(29-32)20-11-13-28-14-12-20/h2-14H,15-17H2,1H3. The van der Waals surface area contributed by atoms with Gasteiger partial charge in [-0.05, 0) is 54.7 Å². The van der Waals surface area contributed by atoms with Crippen LogP contribution >= 0.6 is 12.2 Å². The molecule has 0 atom stereocenters. The molecule has 0 saturated heterocycles. The summed E-state index contributed by atoms with van der Waals surface area (Å²) in [5.74, 6) is 0.731. The SMILES string of the molecule is CN(Cc1ccc(C(F)(F)F)cc1)Cn1nc(-c2ccncc2)n(Cc2ccccc2)c1=S. The van der Waals surface area contributed by atoms with Gasteiger partial charge in [0.25, 0.3) is 0 Å². The number of hydrogen-bond acceptors (Lipinski definition) is 4. The number of pyridine rings is 1. The van der Waals surface area contributed by atoms with E-state index in [4.69, 9.17) is 17.3 Å². The van der Waals surface area contributed by atoms with E-state index < -0.39 is 11.7 Å². The summed E-state index contributed by atoms with van der Waals surface area (Å²) in [7, 11) is 1.88. The van der Waals surface area contributed by atoms with E-state index in [9.17, 15) is 13.2 Å². The van der Waals surface area contributed by atoms with E-state index in [1.54, 1.807) is 17.1 Å². The molecule has 0 aliphatic heterocycles. The molecule has 2 heterocycles. The molecule has 0 amide bonds. The second kappa shape index (κ2) is 9.68. The number of benzene rings is 2. The lowest BCUT2D eigenvalue weighted by molar-refractivity contribution is -0.137. The summed E-state index contributed by atoms with van der Waals surface area (Å²) in [5, 5.41) is 4.76. The van der Waals surface area contributed by atoms with E-state index in [-0.39, 0.29) is 0 Å². The summed E-state index contributed by atoms with van der Waals surface area (Å²) in [5.41, 5.74) is 2.12. The number of alkyl halides is 3. The molecule has 5 nitrogen and oxygen atoms in total. The second-order valence-electron chi connectivity index (χ2n) is 7.76. The van der Waals surface area contributed by atoms with Gasteiger partial charge in [0.2, 0.25) is 0 Å². The van der Waals surface area contributed by atoms with Gasteiger partial charge in [0.15, 0.2) is 10.6 Å². The third-order valence-electron chi connectivity index (χ3n) is 5.15. The van der Waals surface area contributed by atoms with Crippen LogP contribution in [0.5, 0.6) is 0 Å². The minimum absolute atomic E-state index is 0.389. The van der Waals surface area contributed by atoms with Crippen LogP contribution in [0, 0.1) is 4.77 Å². The van der Waals surface area contributed by atoms with Crippen molar-refractivity contribution in [2.24, 2.45) is 0 Å². The monoisotopic (exact) mass is 469 g/mol. The quantitative estimate of drug-likeness (QED) is 0.329. The Hall–Kier alpha value is -3.30. The first-order chi connectivity index (χ1) is 15.8. The Morgan fingerprint density at radius 2 is 1.58 bits per heavy atom. The molecule has 0 unspecified atom stereocenters. The van der Waals surface area contributed by atoms with E-state index in [0.717, 1.165) is 34.6 Å². The number of hydrogen-bond donors (Lipinski definition) is 0. The fourth-order valence-corrected chi connectivity index (χ4v) is 3.80. The molecule has 0 radical (unpaired) electrons. The molecule has 33 heavy (non-hydrogen) atoms. The molecule has 9 heteroatoms. The van der Waals surface area contributed by atoms with Gasteiger partial charge < -0.3 is 0 Å². The van der Waals surface area contributed by atoms with Crippen LogP contribution in [0.4, 0.5) is 13.2 Å². The average molecular weight is 470 g/mol. The van der Waals surface area contributed by atoms with Gasteiger partial charge in [0.1, 0.15) is 0 Å². The number of halogens is 3. The van der Waals surface area contributed by atoms with Crippen LogP contribution in [-0.4, -0.2) is 31.3 Å². The topological polar surface area (TPSA) is 38.9 Å². The van der Waals surface area contributed by atoms with Gasteiger partial charge in [-0.25, -0.2) is 4.68 Å². The molecule has 4 rings (SSSR count). The van der Waals surface area contributed by atoms with Gasteiger partial charge in [0, 0.05) is 24.5 Å². The highest BCUT2D eigenvalue weighted by molar-refractivity contribution is 7.71. The molecule has 2 aromatic heterocycles. The third-order valence-corrected chi connectivity index (χ3v) is 5.59. The summed E-state index contributed by atoms with van der Waals surface area (Å²) < 4.78 is 42.7. The molecule has 0 fully saturated rings. The van der Waals surface area contributed by atoms with Crippen LogP contribution in [0.1, 0.15) is 16.7 Å². The Balaban J connectivity index is 1.58. The normalized spacial score (nSPS) is 11.8. The Labute approximate surface area is 194 Å². The molecular formula is C24H22F3N5S. The minimum Gasteiger partial charge on any atom is -0.295 e. The van der Waals surface area contributed by atoms with Crippen molar-refractivity contribution in [3.63, 3.8) is 0 Å². The van der Waals surface area contributed by atoms with E-state index >= 15 is 0 Å². The van der Waals surface area contributed by atoms with Crippen molar-refractivity contribution in [1.29, 1.82) is 0 Å². The Morgan fingerprint density at radius 3 is 2.21 bits per heavy atom. The van der Waals surface area contributed by atoms with Gasteiger partial charge in [-0.15, -0.1) is 0 Å². The van der Waals surface area contributed by atoms with Gasteiger partial charge in [-0.1, -0.05) is 42.5 Å². The lowest BCUT2D eigenvalue weighted by Crippen LogP contribution is -2.22. The number of nitrogens with zero attached hydrogens (tertiary/aromatic N) is 5. The van der Waals surface area contributed by atoms with Crippen molar-refractivity contribution >= 4 is 12.2 Å². The molecule has 0 spiro atoms. The van der Waals surface area contributed by atoms with Crippen molar-refractivity contribution in [2.75, 3.05) is 7.05 Å². The molecular weight excluding hydrogens is 447 g/mol. The highest BCUT2D eigenvalue weighted by Gasteiger charge is 2.29. The van der Waals surface area contributed by atoms with Crippen molar-refractivity contribution < 1.29 is 13.2 Å². The van der Waals surface area contributed by atoms with Gasteiger partial charge in [0.05, 0.1) is 18.8 Å². The van der Waals surface area contributed by atoms with E-state index in [1.807, 2.05) is 59.0 Å². The highest BCUT2D eigenvalue weighted by Crippen LogP contribution is 2.29. The smallest absolute Gasteiger partial charge is 0.295 e. The second-order valence-corrected chi connectivity index (χ2v) is 8.13. The third kappa shape index (κ3) is 5.55. The lowest BCUT2D eigenvalue weighted by Gasteiger charge is -2.17. The Morgan fingerprint density at radius 1 is 0.909 bits per heavy atom. The highest BCUT2D eigenvalue weighted by atomic mass is 32.1. The average Bonchev–Trinajstić information content (AvgIpc) is 3.10. The van der Waals surface area contributed by atoms with Crippen molar-refractivity contribution in [3.05, 3.63) is 101 Å². The molecule has 0 saturated carbocycles. The molecule has 0 aliphatic rings. The molecule has 4 aromatic rings. The summed E-state index contributed by atoms with van der Waals surface area (Å²) in [6.07, 6.45) is -0.922. The van der Waals surface area contributed by atoms with Crippen LogP contribution in [0.15, 0.2) is 79.1 Å². The Bertz CT molecular complexity index is 1250. The van der Waals surface area contributed by atoms with E-state index in [2.05, 4.69) is 4.98 Å². The van der Waals surface area contributed by atoms with Gasteiger partial charge >= 0.3 is 6.18 Å².